The zero-order valence-electron chi connectivity index (χ0n) is 14.5. The number of carboxylic acids is 1. The number of aliphatic hydroxyl groups is 1. The minimum Gasteiger partial charge on any atom is -0.479 e. The van der Waals surface area contributed by atoms with Gasteiger partial charge in [0.25, 0.3) is 5.91 Å². The number of aromatic nitrogens is 3. The molecule has 0 aromatic carbocycles. The quantitative estimate of drug-likeness (QED) is 0.693. The van der Waals surface area contributed by atoms with Crippen molar-refractivity contribution in [2.24, 2.45) is 5.92 Å². The fourth-order valence-electron chi connectivity index (χ4n) is 3.55. The normalized spacial score (nSPS) is 21.5. The third-order valence-corrected chi connectivity index (χ3v) is 5.25. The molecule has 2 aliphatic rings. The van der Waals surface area contributed by atoms with E-state index in [0.29, 0.717) is 29.6 Å². The van der Waals surface area contributed by atoms with E-state index >= 15 is 0 Å². The lowest BCUT2D eigenvalue weighted by Gasteiger charge is -2.23. The Balaban J connectivity index is 1.76. The van der Waals surface area contributed by atoms with E-state index in [2.05, 4.69) is 21.5 Å². The minimum absolute atomic E-state index is 0.141. The highest BCUT2D eigenvalue weighted by molar-refractivity contribution is 5.98. The van der Waals surface area contributed by atoms with Crippen LogP contribution in [0.2, 0.25) is 0 Å². The van der Waals surface area contributed by atoms with Crippen molar-refractivity contribution < 1.29 is 19.8 Å². The lowest BCUT2D eigenvalue weighted by Crippen LogP contribution is -2.55. The number of nitriles is 1. The Bertz CT molecular complexity index is 1010. The lowest BCUT2D eigenvalue weighted by atomic mass is 10.0. The summed E-state index contributed by atoms with van der Waals surface area (Å²) in [5.41, 5.74) is 0.452. The zero-order chi connectivity index (χ0) is 19.3. The Morgan fingerprint density at radius 2 is 2.30 bits per heavy atom. The molecule has 2 aromatic heterocycles. The first-order valence-corrected chi connectivity index (χ1v) is 8.53. The van der Waals surface area contributed by atoms with E-state index in [4.69, 9.17) is 5.26 Å². The van der Waals surface area contributed by atoms with Gasteiger partial charge in [-0.15, -0.1) is 0 Å². The molecule has 0 radical (unpaired) electrons. The predicted molar refractivity (Wildman–Crippen MR) is 91.2 cm³/mol. The van der Waals surface area contributed by atoms with Gasteiger partial charge in [0.2, 0.25) is 0 Å². The summed E-state index contributed by atoms with van der Waals surface area (Å²) in [6, 6.07) is 5.23. The van der Waals surface area contributed by atoms with Crippen molar-refractivity contribution in [3.05, 3.63) is 40.8 Å². The van der Waals surface area contributed by atoms with E-state index in [9.17, 15) is 19.8 Å². The van der Waals surface area contributed by atoms with Gasteiger partial charge in [0, 0.05) is 23.7 Å². The second-order valence-electron chi connectivity index (χ2n) is 7.19. The topological polar surface area (TPSA) is 141 Å². The summed E-state index contributed by atoms with van der Waals surface area (Å²) >= 11 is 0. The van der Waals surface area contributed by atoms with Crippen LogP contribution < -0.4 is 5.32 Å². The van der Waals surface area contributed by atoms with Gasteiger partial charge in [0.1, 0.15) is 0 Å². The first kappa shape index (κ1) is 17.2. The maximum atomic E-state index is 12.7. The average Bonchev–Trinajstić information content (AvgIpc) is 3.16. The lowest BCUT2D eigenvalue weighted by molar-refractivity contribution is -0.145. The molecule has 1 unspecified atom stereocenters. The van der Waals surface area contributed by atoms with Crippen LogP contribution in [0.4, 0.5) is 0 Å². The number of carbonyl (C=O) groups is 2. The van der Waals surface area contributed by atoms with Crippen molar-refractivity contribution in [3.8, 4) is 11.9 Å². The van der Waals surface area contributed by atoms with Gasteiger partial charge in [-0.3, -0.25) is 4.79 Å². The monoisotopic (exact) mass is 367 g/mol. The molecule has 2 aromatic rings. The Labute approximate surface area is 154 Å². The van der Waals surface area contributed by atoms with Gasteiger partial charge in [-0.05, 0) is 31.7 Å². The number of hydrogen-bond acceptors (Lipinski definition) is 6. The number of nitrogens with zero attached hydrogens (tertiary/aromatic N) is 4. The highest BCUT2D eigenvalue weighted by atomic mass is 16.4. The number of aliphatic hydroxyl groups excluding tert-OH is 1. The summed E-state index contributed by atoms with van der Waals surface area (Å²) in [6.07, 6.45) is 3.22. The Morgan fingerprint density at radius 1 is 1.52 bits per heavy atom. The van der Waals surface area contributed by atoms with E-state index in [1.807, 2.05) is 0 Å². The summed E-state index contributed by atoms with van der Waals surface area (Å²) in [4.78, 5) is 28.4. The van der Waals surface area contributed by atoms with Crippen LogP contribution in [0.1, 0.15) is 46.6 Å². The maximum Gasteiger partial charge on any atom is 0.331 e. The van der Waals surface area contributed by atoms with Crippen molar-refractivity contribution in [2.75, 3.05) is 6.61 Å². The largest absolute Gasteiger partial charge is 0.479 e. The van der Waals surface area contributed by atoms with Crippen molar-refractivity contribution >= 4 is 11.9 Å². The Hall–Kier alpha value is -3.25. The fraction of sp³-hybridized carbons (Fsp3) is 0.389. The van der Waals surface area contributed by atoms with Crippen LogP contribution in [0.3, 0.4) is 0 Å². The molecule has 1 saturated carbocycles. The number of amides is 1. The third-order valence-electron chi connectivity index (χ3n) is 5.25. The SMILES string of the molecule is CC(CO)(NC(=O)c1nn(-c2cc(C#N)ccn2)c2c1C[C@H]1C[C@@H]21)C(=O)O. The van der Waals surface area contributed by atoms with Crippen molar-refractivity contribution in [2.45, 2.75) is 31.2 Å². The van der Waals surface area contributed by atoms with Crippen LogP contribution in [0.5, 0.6) is 0 Å². The molecule has 1 amide bonds. The number of carbonyl (C=O) groups excluding carboxylic acids is 1. The van der Waals surface area contributed by atoms with Gasteiger partial charge < -0.3 is 15.5 Å². The molecule has 2 aliphatic carbocycles. The fourth-order valence-corrected chi connectivity index (χ4v) is 3.55. The summed E-state index contributed by atoms with van der Waals surface area (Å²) in [5.74, 6) is -0.786. The van der Waals surface area contributed by atoms with Gasteiger partial charge in [0.05, 0.1) is 23.9 Å². The number of rotatable bonds is 5. The molecule has 138 valence electrons. The van der Waals surface area contributed by atoms with E-state index in [-0.39, 0.29) is 5.69 Å². The highest BCUT2D eigenvalue weighted by Gasteiger charge is 2.50. The van der Waals surface area contributed by atoms with Gasteiger partial charge in [-0.1, -0.05) is 0 Å². The van der Waals surface area contributed by atoms with E-state index < -0.39 is 24.0 Å². The van der Waals surface area contributed by atoms with E-state index in [0.717, 1.165) is 17.7 Å². The first-order valence-electron chi connectivity index (χ1n) is 8.53. The molecular formula is C18H17N5O4. The Kier molecular flexibility index (Phi) is 3.75. The standard InChI is InChI=1S/C18H17N5O4/c1-18(8-24,17(26)27)21-16(25)14-12-6-10-5-11(10)15(12)23(22-14)13-4-9(7-19)2-3-20-13/h2-4,10-11,24H,5-6,8H2,1H3,(H,21,25)(H,26,27)/t10-,11-,18?/m1/s1. The summed E-state index contributed by atoms with van der Waals surface area (Å²) in [7, 11) is 0. The molecule has 27 heavy (non-hydrogen) atoms. The van der Waals surface area contributed by atoms with Gasteiger partial charge in [-0.25, -0.2) is 14.5 Å². The summed E-state index contributed by atoms with van der Waals surface area (Å²) in [6.45, 7) is 0.494. The van der Waals surface area contributed by atoms with Gasteiger partial charge in [-0.2, -0.15) is 10.4 Å². The van der Waals surface area contributed by atoms with E-state index in [1.165, 1.54) is 13.1 Å². The molecule has 1 fully saturated rings. The van der Waals surface area contributed by atoms with Crippen LogP contribution in [-0.4, -0.2) is 49.0 Å². The van der Waals surface area contributed by atoms with Crippen molar-refractivity contribution in [1.82, 2.24) is 20.1 Å². The smallest absolute Gasteiger partial charge is 0.331 e. The molecular weight excluding hydrogens is 350 g/mol. The molecule has 0 aliphatic heterocycles. The molecule has 2 heterocycles. The predicted octanol–water partition coefficient (Wildman–Crippen LogP) is 0.364. The number of carboxylic acid groups (broad SMARTS) is 1. The second-order valence-corrected chi connectivity index (χ2v) is 7.19. The molecule has 3 atom stereocenters. The van der Waals surface area contributed by atoms with Gasteiger partial charge >= 0.3 is 5.97 Å². The third kappa shape index (κ3) is 2.65. The summed E-state index contributed by atoms with van der Waals surface area (Å²) < 4.78 is 1.58. The maximum absolute atomic E-state index is 12.7. The minimum atomic E-state index is -1.80. The van der Waals surface area contributed by atoms with E-state index in [1.54, 1.807) is 16.8 Å². The molecule has 0 saturated heterocycles. The van der Waals surface area contributed by atoms with Crippen LogP contribution in [0.25, 0.3) is 5.82 Å². The number of hydrogen-bond donors (Lipinski definition) is 3. The summed E-state index contributed by atoms with van der Waals surface area (Å²) in [5, 5.41) is 34.5. The zero-order valence-corrected chi connectivity index (χ0v) is 14.5. The molecule has 3 N–H and O–H groups in total. The van der Waals surface area contributed by atoms with Crippen molar-refractivity contribution in [3.63, 3.8) is 0 Å². The molecule has 9 nitrogen and oxygen atoms in total. The second kappa shape index (κ2) is 5.89. The Morgan fingerprint density at radius 3 is 2.96 bits per heavy atom. The number of fused-ring (bicyclic) bond motifs is 3. The van der Waals surface area contributed by atoms with Crippen molar-refractivity contribution in [1.29, 1.82) is 5.26 Å². The molecule has 9 heteroatoms. The molecule has 0 spiro atoms. The van der Waals surface area contributed by atoms with Crippen LogP contribution in [0.15, 0.2) is 18.3 Å². The number of aliphatic carboxylic acids is 1. The highest BCUT2D eigenvalue weighted by Crippen LogP contribution is 2.57. The first-order chi connectivity index (χ1) is 12.9. The number of pyridine rings is 1. The van der Waals surface area contributed by atoms with Gasteiger partial charge in [0.15, 0.2) is 17.1 Å². The average molecular weight is 367 g/mol. The number of nitrogens with one attached hydrogen (secondary N) is 1. The van der Waals surface area contributed by atoms with Crippen LogP contribution in [-0.2, 0) is 11.2 Å². The molecule has 0 bridgehead atoms. The molecule has 4 rings (SSSR count). The van der Waals surface area contributed by atoms with Crippen LogP contribution in [0, 0.1) is 17.2 Å². The van der Waals surface area contributed by atoms with Crippen LogP contribution >= 0.6 is 0 Å².